The maximum Gasteiger partial charge on any atom is 0.294 e. The first-order valence-electron chi connectivity index (χ1n) is 6.67. The van der Waals surface area contributed by atoms with E-state index in [-0.39, 0.29) is 16.6 Å². The van der Waals surface area contributed by atoms with Gasteiger partial charge in [0, 0.05) is 12.0 Å². The van der Waals surface area contributed by atoms with Crippen LogP contribution < -0.4 is 5.56 Å². The molecule has 102 valence electrons. The lowest BCUT2D eigenvalue weighted by molar-refractivity contribution is 0.179. The number of benzene rings is 1. The lowest BCUT2D eigenvalue weighted by Gasteiger charge is -2.19. The number of H-pyrrole nitrogens is 1. The molecule has 1 aliphatic heterocycles. The molecule has 3 aromatic rings. The van der Waals surface area contributed by atoms with Gasteiger partial charge >= 0.3 is 0 Å². The number of fused-ring (bicyclic) bond motifs is 3. The van der Waals surface area contributed by atoms with Crippen molar-refractivity contribution in [3.05, 3.63) is 40.4 Å². The summed E-state index contributed by atoms with van der Waals surface area (Å²) in [6.45, 7) is 3.34. The Morgan fingerprint density at radius 3 is 3.00 bits per heavy atom. The zero-order valence-electron chi connectivity index (χ0n) is 11.1. The summed E-state index contributed by atoms with van der Waals surface area (Å²) in [5.74, 6) is 0.680. The van der Waals surface area contributed by atoms with Crippen LogP contribution in [0, 0.1) is 0 Å². The van der Waals surface area contributed by atoms with Crippen LogP contribution in [0.5, 0.6) is 0 Å². The number of hydrogen-bond acceptors (Lipinski definition) is 4. The van der Waals surface area contributed by atoms with Crippen LogP contribution in [0.1, 0.15) is 19.2 Å². The van der Waals surface area contributed by atoms with Crippen LogP contribution in [0.3, 0.4) is 0 Å². The van der Waals surface area contributed by atoms with Crippen LogP contribution in [0.4, 0.5) is 0 Å². The maximum absolute atomic E-state index is 12.2. The van der Waals surface area contributed by atoms with E-state index in [4.69, 9.17) is 9.15 Å². The molecular formula is C15H14N2O3. The molecule has 5 nitrogen and oxygen atoms in total. The Bertz CT molecular complexity index is 856. The van der Waals surface area contributed by atoms with Crippen molar-refractivity contribution >= 4 is 22.1 Å². The molecule has 0 spiro atoms. The molecule has 1 unspecified atom stereocenters. The summed E-state index contributed by atoms with van der Waals surface area (Å²) >= 11 is 0. The van der Waals surface area contributed by atoms with E-state index in [0.29, 0.717) is 30.1 Å². The first kappa shape index (κ1) is 11.7. The molecular weight excluding hydrogens is 256 g/mol. The number of aromatic amines is 1. The van der Waals surface area contributed by atoms with Gasteiger partial charge in [0.1, 0.15) is 16.9 Å². The van der Waals surface area contributed by atoms with E-state index in [9.17, 15) is 4.79 Å². The molecule has 1 N–H and O–H groups in total. The van der Waals surface area contributed by atoms with E-state index in [1.165, 1.54) is 0 Å². The van der Waals surface area contributed by atoms with Gasteiger partial charge in [-0.05, 0) is 18.6 Å². The van der Waals surface area contributed by atoms with Crippen LogP contribution in [0.2, 0.25) is 0 Å². The van der Waals surface area contributed by atoms with Crippen molar-refractivity contribution < 1.29 is 9.15 Å². The summed E-state index contributed by atoms with van der Waals surface area (Å²) in [4.78, 5) is 19.7. The van der Waals surface area contributed by atoms with Gasteiger partial charge in [-0.3, -0.25) is 4.79 Å². The summed E-state index contributed by atoms with van der Waals surface area (Å²) in [7, 11) is 0. The Labute approximate surface area is 114 Å². The minimum absolute atomic E-state index is 0.227. The molecule has 0 saturated carbocycles. The Balaban J connectivity index is 2.05. The van der Waals surface area contributed by atoms with Crippen molar-refractivity contribution in [2.75, 3.05) is 13.2 Å². The molecule has 0 radical (unpaired) electrons. The standard InChI is InChI=1S/C15H14N2O3/c1-15(6-7-19-8-15)14-16-11-9-4-2-3-5-10(9)20-12(11)13(18)17-14/h2-5H,6-8H2,1H3,(H,16,17,18). The van der Waals surface area contributed by atoms with Crippen molar-refractivity contribution in [2.24, 2.45) is 0 Å². The molecule has 3 heterocycles. The molecule has 0 bridgehead atoms. The predicted molar refractivity (Wildman–Crippen MR) is 74.9 cm³/mol. The van der Waals surface area contributed by atoms with Crippen molar-refractivity contribution in [3.63, 3.8) is 0 Å². The lowest BCUT2D eigenvalue weighted by Crippen LogP contribution is -2.28. The van der Waals surface area contributed by atoms with Gasteiger partial charge in [0.05, 0.1) is 12.0 Å². The Morgan fingerprint density at radius 2 is 2.20 bits per heavy atom. The highest BCUT2D eigenvalue weighted by Crippen LogP contribution is 2.32. The number of para-hydroxylation sites is 1. The van der Waals surface area contributed by atoms with E-state index in [1.807, 2.05) is 24.3 Å². The molecule has 0 amide bonds. The Hall–Kier alpha value is -2.14. The SMILES string of the molecule is CC1(c2nc3c(oc4ccccc43)c(=O)[nH]2)CCOC1. The molecule has 1 aliphatic rings. The van der Waals surface area contributed by atoms with Gasteiger partial charge in [-0.2, -0.15) is 0 Å². The summed E-state index contributed by atoms with van der Waals surface area (Å²) in [5, 5.41) is 0.873. The fourth-order valence-corrected chi connectivity index (χ4v) is 2.74. The molecule has 5 heteroatoms. The molecule has 4 rings (SSSR count). The van der Waals surface area contributed by atoms with Crippen LogP contribution in [0.25, 0.3) is 22.1 Å². The van der Waals surface area contributed by atoms with Gasteiger partial charge < -0.3 is 14.1 Å². The normalized spacial score (nSPS) is 22.9. The molecule has 1 aromatic carbocycles. The van der Waals surface area contributed by atoms with Crippen molar-refractivity contribution in [3.8, 4) is 0 Å². The van der Waals surface area contributed by atoms with Gasteiger partial charge in [0.25, 0.3) is 5.56 Å². The molecule has 1 saturated heterocycles. The van der Waals surface area contributed by atoms with Gasteiger partial charge in [-0.1, -0.05) is 19.1 Å². The largest absolute Gasteiger partial charge is 0.449 e. The summed E-state index contributed by atoms with van der Waals surface area (Å²) in [6.07, 6.45) is 0.858. The number of nitrogens with one attached hydrogen (secondary N) is 1. The van der Waals surface area contributed by atoms with E-state index in [2.05, 4.69) is 16.9 Å². The first-order valence-corrected chi connectivity index (χ1v) is 6.67. The van der Waals surface area contributed by atoms with Crippen molar-refractivity contribution in [2.45, 2.75) is 18.8 Å². The highest BCUT2D eigenvalue weighted by atomic mass is 16.5. The second kappa shape index (κ2) is 3.93. The van der Waals surface area contributed by atoms with Gasteiger partial charge in [0.15, 0.2) is 0 Å². The fourth-order valence-electron chi connectivity index (χ4n) is 2.74. The highest BCUT2D eigenvalue weighted by Gasteiger charge is 2.35. The number of hydrogen-bond donors (Lipinski definition) is 1. The quantitative estimate of drug-likeness (QED) is 0.737. The maximum atomic E-state index is 12.2. The van der Waals surface area contributed by atoms with Gasteiger partial charge in [-0.15, -0.1) is 0 Å². The summed E-state index contributed by atoms with van der Waals surface area (Å²) in [6, 6.07) is 7.56. The minimum atomic E-state index is -0.230. The topological polar surface area (TPSA) is 68.1 Å². The Kier molecular flexibility index (Phi) is 2.29. The van der Waals surface area contributed by atoms with Crippen LogP contribution in [0.15, 0.2) is 33.5 Å². The predicted octanol–water partition coefficient (Wildman–Crippen LogP) is 2.35. The fraction of sp³-hybridized carbons (Fsp3) is 0.333. The zero-order chi connectivity index (χ0) is 13.7. The van der Waals surface area contributed by atoms with Crippen LogP contribution >= 0.6 is 0 Å². The van der Waals surface area contributed by atoms with Crippen molar-refractivity contribution in [1.29, 1.82) is 0 Å². The van der Waals surface area contributed by atoms with E-state index in [1.54, 1.807) is 0 Å². The third-order valence-electron chi connectivity index (χ3n) is 4.02. The Morgan fingerprint density at radius 1 is 1.35 bits per heavy atom. The smallest absolute Gasteiger partial charge is 0.294 e. The molecule has 20 heavy (non-hydrogen) atoms. The first-order chi connectivity index (χ1) is 9.67. The number of furan rings is 1. The summed E-state index contributed by atoms with van der Waals surface area (Å²) in [5.41, 5.74) is 1.15. The molecule has 0 aliphatic carbocycles. The molecule has 1 atom stereocenters. The third-order valence-corrected chi connectivity index (χ3v) is 4.02. The highest BCUT2D eigenvalue weighted by molar-refractivity contribution is 6.01. The average Bonchev–Trinajstić information content (AvgIpc) is 3.04. The lowest BCUT2D eigenvalue weighted by atomic mass is 9.89. The zero-order valence-corrected chi connectivity index (χ0v) is 11.1. The van der Waals surface area contributed by atoms with E-state index < -0.39 is 0 Å². The number of aromatic nitrogens is 2. The van der Waals surface area contributed by atoms with Crippen LogP contribution in [-0.2, 0) is 10.2 Å². The number of ether oxygens (including phenoxy) is 1. The average molecular weight is 270 g/mol. The number of rotatable bonds is 1. The van der Waals surface area contributed by atoms with Crippen LogP contribution in [-0.4, -0.2) is 23.2 Å². The van der Waals surface area contributed by atoms with Gasteiger partial charge in [-0.25, -0.2) is 4.98 Å². The molecule has 1 fully saturated rings. The third kappa shape index (κ3) is 1.53. The second-order valence-electron chi connectivity index (χ2n) is 5.55. The van der Waals surface area contributed by atoms with E-state index in [0.717, 1.165) is 11.8 Å². The van der Waals surface area contributed by atoms with Crippen molar-refractivity contribution in [1.82, 2.24) is 9.97 Å². The van der Waals surface area contributed by atoms with Gasteiger partial charge in [0.2, 0.25) is 5.58 Å². The number of nitrogens with zero attached hydrogens (tertiary/aromatic N) is 1. The monoisotopic (exact) mass is 270 g/mol. The van der Waals surface area contributed by atoms with E-state index >= 15 is 0 Å². The second-order valence-corrected chi connectivity index (χ2v) is 5.55. The summed E-state index contributed by atoms with van der Waals surface area (Å²) < 4.78 is 11.0. The minimum Gasteiger partial charge on any atom is -0.449 e. The molecule has 2 aromatic heterocycles.